The number of hydrogen-bond donors (Lipinski definition) is 1. The minimum Gasteiger partial charge on any atom is -0.361 e. The number of H-pyrrole nitrogens is 1. The summed E-state index contributed by atoms with van der Waals surface area (Å²) in [5, 5.41) is 2.69. The van der Waals surface area contributed by atoms with Crippen LogP contribution in [0, 0.1) is 0 Å². The quantitative estimate of drug-likeness (QED) is 0.450. The number of benzene rings is 2. The standard InChI is InChI=1S/C15H11N/c1-2-4-13-10(3-1)5-6-11-9-12-7-8-16-15(12)14(11)13/h1-8,16H,9H2. The van der Waals surface area contributed by atoms with Gasteiger partial charge in [0.05, 0.1) is 0 Å². The molecule has 4 rings (SSSR count). The van der Waals surface area contributed by atoms with E-state index in [0.717, 1.165) is 6.42 Å². The second-order valence-corrected chi connectivity index (χ2v) is 4.38. The van der Waals surface area contributed by atoms with Gasteiger partial charge < -0.3 is 4.98 Å². The zero-order valence-electron chi connectivity index (χ0n) is 8.83. The molecule has 0 atom stereocenters. The highest BCUT2D eigenvalue weighted by Crippen LogP contribution is 2.40. The summed E-state index contributed by atoms with van der Waals surface area (Å²) in [6, 6.07) is 15.3. The van der Waals surface area contributed by atoms with Crippen LogP contribution < -0.4 is 0 Å². The fraction of sp³-hybridized carbons (Fsp3) is 0.0667. The summed E-state index contributed by atoms with van der Waals surface area (Å²) >= 11 is 0. The van der Waals surface area contributed by atoms with Crippen LogP contribution in [0.5, 0.6) is 0 Å². The second-order valence-electron chi connectivity index (χ2n) is 4.38. The maximum absolute atomic E-state index is 3.37. The Kier molecular flexibility index (Phi) is 1.41. The first-order valence-electron chi connectivity index (χ1n) is 5.61. The molecule has 0 unspecified atom stereocenters. The Bertz CT molecular complexity index is 691. The number of hydrogen-bond acceptors (Lipinski definition) is 0. The summed E-state index contributed by atoms with van der Waals surface area (Å²) in [5.41, 5.74) is 5.58. The van der Waals surface area contributed by atoms with E-state index in [1.807, 2.05) is 6.20 Å². The predicted octanol–water partition coefficient (Wildman–Crippen LogP) is 3.74. The topological polar surface area (TPSA) is 15.8 Å². The Morgan fingerprint density at radius 2 is 1.81 bits per heavy atom. The van der Waals surface area contributed by atoms with E-state index in [1.54, 1.807) is 0 Å². The highest BCUT2D eigenvalue weighted by atomic mass is 14.7. The van der Waals surface area contributed by atoms with E-state index in [1.165, 1.54) is 33.2 Å². The summed E-state index contributed by atoms with van der Waals surface area (Å²) in [6.45, 7) is 0. The van der Waals surface area contributed by atoms with Crippen molar-refractivity contribution in [3.63, 3.8) is 0 Å². The van der Waals surface area contributed by atoms with Gasteiger partial charge in [-0.2, -0.15) is 0 Å². The first-order chi connectivity index (χ1) is 7.93. The zero-order valence-corrected chi connectivity index (χ0v) is 8.83. The Morgan fingerprint density at radius 3 is 2.81 bits per heavy atom. The van der Waals surface area contributed by atoms with Crippen LogP contribution in [-0.4, -0.2) is 4.98 Å². The van der Waals surface area contributed by atoms with Crippen LogP contribution in [0.1, 0.15) is 11.1 Å². The van der Waals surface area contributed by atoms with Gasteiger partial charge in [-0.3, -0.25) is 0 Å². The second kappa shape index (κ2) is 2.76. The third-order valence-corrected chi connectivity index (χ3v) is 3.48. The molecule has 76 valence electrons. The van der Waals surface area contributed by atoms with Crippen molar-refractivity contribution in [3.05, 3.63) is 59.8 Å². The third kappa shape index (κ3) is 0.904. The first kappa shape index (κ1) is 8.17. The van der Waals surface area contributed by atoms with E-state index in [-0.39, 0.29) is 0 Å². The molecule has 0 saturated carbocycles. The van der Waals surface area contributed by atoms with Gasteiger partial charge in [0.25, 0.3) is 0 Å². The fourth-order valence-electron chi connectivity index (χ4n) is 2.75. The van der Waals surface area contributed by atoms with Crippen molar-refractivity contribution in [2.45, 2.75) is 6.42 Å². The molecule has 1 aromatic heterocycles. The summed E-state index contributed by atoms with van der Waals surface area (Å²) in [5.74, 6) is 0. The Morgan fingerprint density at radius 1 is 0.875 bits per heavy atom. The zero-order chi connectivity index (χ0) is 10.5. The number of fused-ring (bicyclic) bond motifs is 5. The summed E-state index contributed by atoms with van der Waals surface area (Å²) < 4.78 is 0. The molecule has 2 aromatic carbocycles. The average Bonchev–Trinajstić information content (AvgIpc) is 2.88. The SMILES string of the molecule is c1ccc2c3c(ccc2c1)Cc1cc[nH]c1-3. The van der Waals surface area contributed by atoms with Gasteiger partial charge in [-0.15, -0.1) is 0 Å². The molecule has 16 heavy (non-hydrogen) atoms. The van der Waals surface area contributed by atoms with Crippen LogP contribution in [0.15, 0.2) is 48.7 Å². The van der Waals surface area contributed by atoms with Crippen LogP contribution in [0.4, 0.5) is 0 Å². The molecule has 0 saturated heterocycles. The molecule has 0 aliphatic heterocycles. The Hall–Kier alpha value is -2.02. The van der Waals surface area contributed by atoms with Crippen LogP contribution in [0.3, 0.4) is 0 Å². The normalized spacial score (nSPS) is 12.8. The maximum atomic E-state index is 3.37. The van der Waals surface area contributed by atoms with Gasteiger partial charge in [-0.05, 0) is 28.0 Å². The molecule has 3 aromatic rings. The van der Waals surface area contributed by atoms with Gasteiger partial charge in [0.1, 0.15) is 0 Å². The fourth-order valence-corrected chi connectivity index (χ4v) is 2.75. The summed E-state index contributed by atoms with van der Waals surface area (Å²) in [6.07, 6.45) is 3.11. The Labute approximate surface area is 93.7 Å². The van der Waals surface area contributed by atoms with Crippen LogP contribution in [-0.2, 0) is 6.42 Å². The molecule has 1 heterocycles. The largest absolute Gasteiger partial charge is 0.361 e. The summed E-state index contributed by atoms with van der Waals surface area (Å²) in [7, 11) is 0. The molecule has 1 aliphatic carbocycles. The summed E-state index contributed by atoms with van der Waals surface area (Å²) in [4.78, 5) is 3.37. The van der Waals surface area contributed by atoms with Crippen LogP contribution in [0.25, 0.3) is 22.0 Å². The Balaban J connectivity index is 2.20. The van der Waals surface area contributed by atoms with Gasteiger partial charge in [0.15, 0.2) is 0 Å². The van der Waals surface area contributed by atoms with Crippen LogP contribution in [0.2, 0.25) is 0 Å². The van der Waals surface area contributed by atoms with E-state index in [2.05, 4.69) is 47.4 Å². The average molecular weight is 205 g/mol. The van der Waals surface area contributed by atoms with E-state index in [9.17, 15) is 0 Å². The van der Waals surface area contributed by atoms with E-state index in [0.29, 0.717) is 0 Å². The lowest BCUT2D eigenvalue weighted by Gasteiger charge is -2.05. The number of aromatic amines is 1. The minimum atomic E-state index is 1.07. The van der Waals surface area contributed by atoms with Gasteiger partial charge in [-0.1, -0.05) is 36.4 Å². The van der Waals surface area contributed by atoms with Crippen molar-refractivity contribution in [2.75, 3.05) is 0 Å². The molecular formula is C15H11N. The van der Waals surface area contributed by atoms with E-state index in [4.69, 9.17) is 0 Å². The molecule has 0 fully saturated rings. The first-order valence-corrected chi connectivity index (χ1v) is 5.61. The predicted molar refractivity (Wildman–Crippen MR) is 66.5 cm³/mol. The highest BCUT2D eigenvalue weighted by molar-refractivity contribution is 6.00. The van der Waals surface area contributed by atoms with Gasteiger partial charge >= 0.3 is 0 Å². The van der Waals surface area contributed by atoms with E-state index >= 15 is 0 Å². The lowest BCUT2D eigenvalue weighted by atomic mass is 10.0. The van der Waals surface area contributed by atoms with Crippen molar-refractivity contribution >= 4 is 10.8 Å². The van der Waals surface area contributed by atoms with E-state index < -0.39 is 0 Å². The molecule has 1 aliphatic rings. The van der Waals surface area contributed by atoms with Crippen molar-refractivity contribution in [1.82, 2.24) is 4.98 Å². The van der Waals surface area contributed by atoms with Crippen molar-refractivity contribution in [2.24, 2.45) is 0 Å². The molecule has 1 nitrogen and oxygen atoms in total. The van der Waals surface area contributed by atoms with Crippen LogP contribution >= 0.6 is 0 Å². The number of nitrogens with one attached hydrogen (secondary N) is 1. The molecule has 0 radical (unpaired) electrons. The monoisotopic (exact) mass is 205 g/mol. The molecule has 1 N–H and O–H groups in total. The van der Waals surface area contributed by atoms with Crippen molar-refractivity contribution in [1.29, 1.82) is 0 Å². The maximum Gasteiger partial charge on any atom is 0.0499 e. The van der Waals surface area contributed by atoms with Gasteiger partial charge in [0, 0.05) is 23.9 Å². The van der Waals surface area contributed by atoms with Crippen molar-refractivity contribution in [3.8, 4) is 11.3 Å². The lowest BCUT2D eigenvalue weighted by Crippen LogP contribution is -1.83. The van der Waals surface area contributed by atoms with Gasteiger partial charge in [0.2, 0.25) is 0 Å². The molecule has 1 heteroatoms. The highest BCUT2D eigenvalue weighted by Gasteiger charge is 2.20. The smallest absolute Gasteiger partial charge is 0.0499 e. The number of aromatic nitrogens is 1. The minimum absolute atomic E-state index is 1.07. The number of rotatable bonds is 0. The molecule has 0 bridgehead atoms. The van der Waals surface area contributed by atoms with Crippen molar-refractivity contribution < 1.29 is 0 Å². The third-order valence-electron chi connectivity index (χ3n) is 3.48. The molecular weight excluding hydrogens is 194 g/mol. The lowest BCUT2D eigenvalue weighted by molar-refractivity contribution is 1.28. The molecule has 0 spiro atoms. The van der Waals surface area contributed by atoms with Gasteiger partial charge in [-0.25, -0.2) is 0 Å². The molecule has 0 amide bonds.